The maximum absolute atomic E-state index is 4.48. The van der Waals surface area contributed by atoms with Crippen molar-refractivity contribution >= 4 is 29.9 Å². The van der Waals surface area contributed by atoms with E-state index in [1.807, 2.05) is 25.0 Å². The Balaban J connectivity index is 0.00000264. The molecule has 1 unspecified atom stereocenters. The van der Waals surface area contributed by atoms with Crippen molar-refractivity contribution in [3.8, 4) is 0 Å². The van der Waals surface area contributed by atoms with Gasteiger partial charge in [0.05, 0.1) is 6.20 Å². The van der Waals surface area contributed by atoms with Crippen molar-refractivity contribution < 1.29 is 0 Å². The van der Waals surface area contributed by atoms with Gasteiger partial charge in [-0.25, -0.2) is 0 Å². The average molecular weight is 433 g/mol. The van der Waals surface area contributed by atoms with Crippen molar-refractivity contribution in [3.63, 3.8) is 0 Å². The van der Waals surface area contributed by atoms with E-state index >= 15 is 0 Å². The highest BCUT2D eigenvalue weighted by Gasteiger charge is 2.31. The fraction of sp³-hybridized carbons (Fsp3) is 0.765. The van der Waals surface area contributed by atoms with Gasteiger partial charge < -0.3 is 10.2 Å². The van der Waals surface area contributed by atoms with Crippen molar-refractivity contribution in [3.05, 3.63) is 18.0 Å². The molecule has 0 saturated carbocycles. The standard InChI is InChI=1S/C17H31N5.HI/c1-5-8-17(2)9-6-11-22(14-17)16(18-3)19-10-7-15-12-20-21(4)13-15;/h12-13H,5-11,14H2,1-4H3,(H,18,19);1H. The molecule has 0 aromatic carbocycles. The van der Waals surface area contributed by atoms with Crippen LogP contribution in [0.3, 0.4) is 0 Å². The number of nitrogens with zero attached hydrogens (tertiary/aromatic N) is 4. The summed E-state index contributed by atoms with van der Waals surface area (Å²) in [6.45, 7) is 7.84. The third-order valence-electron chi connectivity index (χ3n) is 4.60. The number of aromatic nitrogens is 2. The summed E-state index contributed by atoms with van der Waals surface area (Å²) in [5.74, 6) is 1.05. The van der Waals surface area contributed by atoms with Gasteiger partial charge in [0, 0.05) is 39.9 Å². The van der Waals surface area contributed by atoms with Crippen LogP contribution in [0.25, 0.3) is 0 Å². The van der Waals surface area contributed by atoms with E-state index in [1.165, 1.54) is 31.2 Å². The summed E-state index contributed by atoms with van der Waals surface area (Å²) in [6, 6.07) is 0. The third kappa shape index (κ3) is 5.97. The lowest BCUT2D eigenvalue weighted by Gasteiger charge is -2.42. The summed E-state index contributed by atoms with van der Waals surface area (Å²) in [5.41, 5.74) is 1.70. The normalized spacial score (nSPS) is 21.9. The zero-order valence-electron chi connectivity index (χ0n) is 15.0. The molecule has 1 saturated heterocycles. The van der Waals surface area contributed by atoms with Crippen molar-refractivity contribution in [1.29, 1.82) is 0 Å². The van der Waals surface area contributed by atoms with E-state index in [-0.39, 0.29) is 24.0 Å². The topological polar surface area (TPSA) is 45.4 Å². The van der Waals surface area contributed by atoms with Crippen LogP contribution in [0.1, 0.15) is 45.1 Å². The van der Waals surface area contributed by atoms with Gasteiger partial charge in [-0.15, -0.1) is 24.0 Å². The van der Waals surface area contributed by atoms with Gasteiger partial charge in [-0.2, -0.15) is 5.10 Å². The van der Waals surface area contributed by atoms with E-state index < -0.39 is 0 Å². The van der Waals surface area contributed by atoms with Crippen molar-refractivity contribution in [2.24, 2.45) is 17.5 Å². The van der Waals surface area contributed by atoms with Crippen molar-refractivity contribution in [2.75, 3.05) is 26.7 Å². The fourth-order valence-corrected chi connectivity index (χ4v) is 3.56. The first-order valence-electron chi connectivity index (χ1n) is 8.49. The second-order valence-corrected chi connectivity index (χ2v) is 6.83. The molecule has 0 bridgehead atoms. The van der Waals surface area contributed by atoms with Crippen LogP contribution in [0.2, 0.25) is 0 Å². The molecule has 1 fully saturated rings. The number of hydrogen-bond acceptors (Lipinski definition) is 2. The SMILES string of the molecule is CCCC1(C)CCCN(C(=NC)NCCc2cnn(C)c2)C1.I. The van der Waals surface area contributed by atoms with E-state index in [1.54, 1.807) is 0 Å². The molecule has 1 atom stereocenters. The number of piperidine rings is 1. The maximum Gasteiger partial charge on any atom is 0.193 e. The number of guanidine groups is 1. The van der Waals surface area contributed by atoms with Gasteiger partial charge in [0.1, 0.15) is 0 Å². The minimum absolute atomic E-state index is 0. The van der Waals surface area contributed by atoms with Crippen LogP contribution in [0.5, 0.6) is 0 Å². The molecule has 1 aromatic rings. The first-order chi connectivity index (χ1) is 10.6. The van der Waals surface area contributed by atoms with E-state index in [9.17, 15) is 0 Å². The monoisotopic (exact) mass is 433 g/mol. The number of aryl methyl sites for hydroxylation is 1. The Labute approximate surface area is 157 Å². The van der Waals surface area contributed by atoms with Gasteiger partial charge in [0.25, 0.3) is 0 Å². The Kier molecular flexibility index (Phi) is 8.36. The van der Waals surface area contributed by atoms with Gasteiger partial charge in [0.2, 0.25) is 0 Å². The largest absolute Gasteiger partial charge is 0.356 e. The summed E-state index contributed by atoms with van der Waals surface area (Å²) in [6.07, 6.45) is 10.2. The molecule has 1 aliphatic heterocycles. The lowest BCUT2D eigenvalue weighted by Crippen LogP contribution is -2.50. The van der Waals surface area contributed by atoms with Gasteiger partial charge >= 0.3 is 0 Å². The van der Waals surface area contributed by atoms with E-state index in [0.29, 0.717) is 5.41 Å². The van der Waals surface area contributed by atoms with Crippen LogP contribution >= 0.6 is 24.0 Å². The summed E-state index contributed by atoms with van der Waals surface area (Å²) in [4.78, 5) is 6.92. The summed E-state index contributed by atoms with van der Waals surface area (Å²) in [7, 11) is 3.84. The Hall–Kier alpha value is -0.790. The predicted molar refractivity (Wildman–Crippen MR) is 108 cm³/mol. The second-order valence-electron chi connectivity index (χ2n) is 6.83. The quantitative estimate of drug-likeness (QED) is 0.441. The molecule has 1 N–H and O–H groups in total. The van der Waals surface area contributed by atoms with E-state index in [2.05, 4.69) is 40.4 Å². The molecule has 1 aliphatic rings. The van der Waals surface area contributed by atoms with E-state index in [4.69, 9.17) is 0 Å². The molecule has 6 heteroatoms. The highest BCUT2D eigenvalue weighted by atomic mass is 127. The van der Waals surface area contributed by atoms with Crippen molar-refractivity contribution in [1.82, 2.24) is 20.0 Å². The minimum Gasteiger partial charge on any atom is -0.356 e. The third-order valence-corrected chi connectivity index (χ3v) is 4.60. The molecular weight excluding hydrogens is 401 g/mol. The first-order valence-corrected chi connectivity index (χ1v) is 8.49. The van der Waals surface area contributed by atoms with Crippen LogP contribution in [0.15, 0.2) is 17.4 Å². The van der Waals surface area contributed by atoms with Crippen LogP contribution in [0, 0.1) is 5.41 Å². The number of hydrogen-bond donors (Lipinski definition) is 1. The zero-order valence-corrected chi connectivity index (χ0v) is 17.3. The summed E-state index contributed by atoms with van der Waals surface area (Å²) >= 11 is 0. The molecular formula is C17H32IN5. The molecule has 132 valence electrons. The number of rotatable bonds is 5. The number of likely N-dealkylation sites (tertiary alicyclic amines) is 1. The van der Waals surface area contributed by atoms with Crippen molar-refractivity contribution in [2.45, 2.75) is 46.0 Å². The van der Waals surface area contributed by atoms with Gasteiger partial charge in [-0.05, 0) is 36.7 Å². The molecule has 0 aliphatic carbocycles. The highest BCUT2D eigenvalue weighted by molar-refractivity contribution is 14.0. The fourth-order valence-electron chi connectivity index (χ4n) is 3.56. The Morgan fingerprint density at radius 2 is 2.26 bits per heavy atom. The van der Waals surface area contributed by atoms with Gasteiger partial charge in [-0.3, -0.25) is 9.67 Å². The Morgan fingerprint density at radius 1 is 1.48 bits per heavy atom. The molecule has 2 rings (SSSR count). The molecule has 1 aromatic heterocycles. The molecule has 0 amide bonds. The number of aliphatic imine (C=N–C) groups is 1. The lowest BCUT2D eigenvalue weighted by atomic mass is 9.78. The van der Waals surface area contributed by atoms with Crippen LogP contribution < -0.4 is 5.32 Å². The molecule has 5 nitrogen and oxygen atoms in total. The summed E-state index contributed by atoms with van der Waals surface area (Å²) < 4.78 is 1.85. The maximum atomic E-state index is 4.48. The van der Waals surface area contributed by atoms with E-state index in [0.717, 1.165) is 32.0 Å². The first kappa shape index (κ1) is 20.3. The number of halogens is 1. The lowest BCUT2D eigenvalue weighted by molar-refractivity contribution is 0.142. The minimum atomic E-state index is 0. The smallest absolute Gasteiger partial charge is 0.193 e. The van der Waals surface area contributed by atoms with Gasteiger partial charge in [-0.1, -0.05) is 20.3 Å². The molecule has 23 heavy (non-hydrogen) atoms. The Morgan fingerprint density at radius 3 is 2.87 bits per heavy atom. The molecule has 0 radical (unpaired) electrons. The molecule has 0 spiro atoms. The van der Waals surface area contributed by atoms with Crippen LogP contribution in [0.4, 0.5) is 0 Å². The molecule has 2 heterocycles. The summed E-state index contributed by atoms with van der Waals surface area (Å²) in [5, 5.41) is 7.73. The second kappa shape index (κ2) is 9.49. The highest BCUT2D eigenvalue weighted by Crippen LogP contribution is 2.33. The number of nitrogens with one attached hydrogen (secondary N) is 1. The van der Waals surface area contributed by atoms with Gasteiger partial charge in [0.15, 0.2) is 5.96 Å². The predicted octanol–water partition coefficient (Wildman–Crippen LogP) is 3.06. The Bertz CT molecular complexity index is 495. The van der Waals surface area contributed by atoms with Crippen LogP contribution in [-0.2, 0) is 13.5 Å². The zero-order chi connectivity index (χ0) is 16.0. The van der Waals surface area contributed by atoms with Crippen LogP contribution in [-0.4, -0.2) is 47.3 Å². The average Bonchev–Trinajstić information content (AvgIpc) is 2.89.